The predicted molar refractivity (Wildman–Crippen MR) is 44.3 cm³/mol. The van der Waals surface area contributed by atoms with Crippen LogP contribution in [0.2, 0.25) is 0 Å². The van der Waals surface area contributed by atoms with Gasteiger partial charge in [-0.25, -0.2) is 0 Å². The van der Waals surface area contributed by atoms with Gasteiger partial charge >= 0.3 is 0 Å². The van der Waals surface area contributed by atoms with Crippen LogP contribution in [-0.4, -0.2) is 23.3 Å². The van der Waals surface area contributed by atoms with Gasteiger partial charge in [0.1, 0.15) is 0 Å². The molecule has 0 amide bonds. The van der Waals surface area contributed by atoms with E-state index in [0.717, 1.165) is 18.4 Å². The molecular weight excluding hydrogens is 138 g/mol. The van der Waals surface area contributed by atoms with Gasteiger partial charge in [0, 0.05) is 6.04 Å². The molecule has 64 valence electrons. The molecule has 1 saturated carbocycles. The van der Waals surface area contributed by atoms with E-state index in [1.54, 1.807) is 0 Å². The molecule has 0 radical (unpaired) electrons. The zero-order valence-corrected chi connectivity index (χ0v) is 7.30. The first-order chi connectivity index (χ1) is 5.09. The molecule has 2 aliphatic rings. The first kappa shape index (κ1) is 7.56. The summed E-state index contributed by atoms with van der Waals surface area (Å²) in [5.74, 6) is 1.63. The van der Waals surface area contributed by atoms with Gasteiger partial charge in [0.2, 0.25) is 0 Å². The molecule has 0 aromatic rings. The molecule has 11 heavy (non-hydrogen) atoms. The van der Waals surface area contributed by atoms with Crippen molar-refractivity contribution in [3.63, 3.8) is 0 Å². The van der Waals surface area contributed by atoms with Crippen LogP contribution in [-0.2, 0) is 0 Å². The lowest BCUT2D eigenvalue weighted by atomic mass is 9.70. The van der Waals surface area contributed by atoms with Crippen molar-refractivity contribution in [1.29, 1.82) is 0 Å². The van der Waals surface area contributed by atoms with E-state index in [0.29, 0.717) is 6.04 Å². The molecule has 1 aliphatic heterocycles. The second kappa shape index (κ2) is 2.20. The van der Waals surface area contributed by atoms with Gasteiger partial charge in [-0.05, 0) is 45.1 Å². The summed E-state index contributed by atoms with van der Waals surface area (Å²) in [7, 11) is 0. The monoisotopic (exact) mass is 155 g/mol. The van der Waals surface area contributed by atoms with E-state index in [-0.39, 0.29) is 0 Å². The highest BCUT2D eigenvalue weighted by Crippen LogP contribution is 2.43. The van der Waals surface area contributed by atoms with Crippen molar-refractivity contribution in [2.24, 2.45) is 11.8 Å². The lowest BCUT2D eigenvalue weighted by Gasteiger charge is -2.38. The van der Waals surface area contributed by atoms with Crippen molar-refractivity contribution < 1.29 is 5.11 Å². The van der Waals surface area contributed by atoms with Gasteiger partial charge in [0.05, 0.1) is 5.60 Å². The van der Waals surface area contributed by atoms with Crippen molar-refractivity contribution >= 4 is 0 Å². The third-order valence-corrected chi connectivity index (χ3v) is 3.27. The molecule has 0 spiro atoms. The second-order valence-corrected chi connectivity index (χ2v) is 4.54. The van der Waals surface area contributed by atoms with Crippen LogP contribution in [0.15, 0.2) is 0 Å². The standard InChI is InChI=1S/C9H17NO/c1-9(2,11)8-7-4-3-6(7)5-10-8/h6-8,10-11H,3-5H2,1-2H3. The molecule has 3 unspecified atom stereocenters. The first-order valence-corrected chi connectivity index (χ1v) is 4.55. The maximum Gasteiger partial charge on any atom is 0.0746 e. The smallest absolute Gasteiger partial charge is 0.0746 e. The number of nitrogens with one attached hydrogen (secondary N) is 1. The van der Waals surface area contributed by atoms with Crippen molar-refractivity contribution in [3.8, 4) is 0 Å². The normalized spacial score (nSPS) is 43.4. The minimum Gasteiger partial charge on any atom is -0.389 e. The lowest BCUT2D eigenvalue weighted by Crippen LogP contribution is -2.48. The highest BCUT2D eigenvalue weighted by atomic mass is 16.3. The first-order valence-electron chi connectivity index (χ1n) is 4.55. The summed E-state index contributed by atoms with van der Waals surface area (Å²) < 4.78 is 0. The molecule has 2 fully saturated rings. The maximum absolute atomic E-state index is 9.78. The van der Waals surface area contributed by atoms with Gasteiger partial charge in [0.15, 0.2) is 0 Å². The highest BCUT2D eigenvalue weighted by Gasteiger charge is 2.47. The van der Waals surface area contributed by atoms with Crippen LogP contribution in [0.4, 0.5) is 0 Å². The zero-order chi connectivity index (χ0) is 8.06. The van der Waals surface area contributed by atoms with E-state index in [9.17, 15) is 5.11 Å². The van der Waals surface area contributed by atoms with Crippen LogP contribution in [0, 0.1) is 11.8 Å². The third-order valence-electron chi connectivity index (χ3n) is 3.27. The number of fused-ring (bicyclic) bond motifs is 1. The van der Waals surface area contributed by atoms with Gasteiger partial charge in [-0.2, -0.15) is 0 Å². The van der Waals surface area contributed by atoms with Gasteiger partial charge < -0.3 is 10.4 Å². The fourth-order valence-electron chi connectivity index (χ4n) is 2.49. The Bertz CT molecular complexity index is 161. The number of hydrogen-bond donors (Lipinski definition) is 2. The number of aliphatic hydroxyl groups is 1. The summed E-state index contributed by atoms with van der Waals surface area (Å²) in [6, 6.07) is 0.348. The second-order valence-electron chi connectivity index (χ2n) is 4.54. The number of hydrogen-bond acceptors (Lipinski definition) is 2. The summed E-state index contributed by atoms with van der Waals surface area (Å²) in [4.78, 5) is 0. The Morgan fingerprint density at radius 2 is 2.09 bits per heavy atom. The molecule has 3 atom stereocenters. The van der Waals surface area contributed by atoms with Gasteiger partial charge in [-0.15, -0.1) is 0 Å². The fourth-order valence-corrected chi connectivity index (χ4v) is 2.49. The maximum atomic E-state index is 9.78. The fraction of sp³-hybridized carbons (Fsp3) is 1.00. The van der Waals surface area contributed by atoms with Crippen LogP contribution < -0.4 is 5.32 Å². The molecule has 0 aromatic carbocycles. The van der Waals surface area contributed by atoms with E-state index in [4.69, 9.17) is 0 Å². The molecule has 0 bridgehead atoms. The van der Waals surface area contributed by atoms with Crippen LogP contribution in [0.3, 0.4) is 0 Å². The Labute approximate surface area is 68.0 Å². The van der Waals surface area contributed by atoms with Crippen LogP contribution in [0.5, 0.6) is 0 Å². The molecule has 2 rings (SSSR count). The van der Waals surface area contributed by atoms with Crippen molar-refractivity contribution in [3.05, 3.63) is 0 Å². The average Bonchev–Trinajstić information content (AvgIpc) is 2.05. The van der Waals surface area contributed by atoms with E-state index >= 15 is 0 Å². The summed E-state index contributed by atoms with van der Waals surface area (Å²) in [6.07, 6.45) is 2.68. The SMILES string of the molecule is CC(C)(O)C1NCC2CCC21. The summed E-state index contributed by atoms with van der Waals surface area (Å²) in [5.41, 5.74) is -0.528. The molecule has 2 nitrogen and oxygen atoms in total. The quantitative estimate of drug-likeness (QED) is 0.586. The number of rotatable bonds is 1. The summed E-state index contributed by atoms with van der Waals surface area (Å²) in [5, 5.41) is 13.2. The molecule has 2 heteroatoms. The Hall–Kier alpha value is -0.0800. The predicted octanol–water partition coefficient (Wildman–Crippen LogP) is 0.755. The van der Waals surface area contributed by atoms with E-state index in [1.165, 1.54) is 12.8 Å². The summed E-state index contributed by atoms with van der Waals surface area (Å²) >= 11 is 0. The van der Waals surface area contributed by atoms with Crippen LogP contribution in [0.25, 0.3) is 0 Å². The Balaban J connectivity index is 2.05. The minimum absolute atomic E-state index is 0.348. The molecule has 0 aromatic heterocycles. The van der Waals surface area contributed by atoms with Crippen molar-refractivity contribution in [1.82, 2.24) is 5.32 Å². The van der Waals surface area contributed by atoms with Crippen LogP contribution >= 0.6 is 0 Å². The third kappa shape index (κ3) is 1.09. The Morgan fingerprint density at radius 1 is 1.36 bits per heavy atom. The van der Waals surface area contributed by atoms with E-state index in [1.807, 2.05) is 13.8 Å². The van der Waals surface area contributed by atoms with E-state index in [2.05, 4.69) is 5.32 Å². The highest BCUT2D eigenvalue weighted by molar-refractivity contribution is 5.02. The van der Waals surface area contributed by atoms with E-state index < -0.39 is 5.60 Å². The molecule has 2 N–H and O–H groups in total. The molecular formula is C9H17NO. The summed E-state index contributed by atoms with van der Waals surface area (Å²) in [6.45, 7) is 4.94. The topological polar surface area (TPSA) is 32.3 Å². The van der Waals surface area contributed by atoms with Gasteiger partial charge in [0.25, 0.3) is 0 Å². The molecule has 1 heterocycles. The minimum atomic E-state index is -0.528. The Morgan fingerprint density at radius 3 is 2.36 bits per heavy atom. The van der Waals surface area contributed by atoms with Gasteiger partial charge in [-0.3, -0.25) is 0 Å². The lowest BCUT2D eigenvalue weighted by molar-refractivity contribution is 0.00953. The van der Waals surface area contributed by atoms with Crippen LogP contribution in [0.1, 0.15) is 26.7 Å². The largest absolute Gasteiger partial charge is 0.389 e. The zero-order valence-electron chi connectivity index (χ0n) is 7.30. The average molecular weight is 155 g/mol. The molecule has 1 saturated heterocycles. The van der Waals surface area contributed by atoms with Crippen molar-refractivity contribution in [2.75, 3.05) is 6.54 Å². The Kier molecular flexibility index (Phi) is 1.52. The van der Waals surface area contributed by atoms with Crippen molar-refractivity contribution in [2.45, 2.75) is 38.3 Å². The molecule has 1 aliphatic carbocycles. The van der Waals surface area contributed by atoms with Gasteiger partial charge in [-0.1, -0.05) is 0 Å².